The van der Waals surface area contributed by atoms with Gasteiger partial charge in [-0.05, 0) is 56.2 Å². The summed E-state index contributed by atoms with van der Waals surface area (Å²) in [5.41, 5.74) is 0.259. The maximum absolute atomic E-state index is 14.6. The number of pyridine rings is 1. The molecule has 2 aromatic heterocycles. The molecule has 1 aromatic carbocycles. The van der Waals surface area contributed by atoms with E-state index in [-0.39, 0.29) is 29.3 Å². The summed E-state index contributed by atoms with van der Waals surface area (Å²) in [6.07, 6.45) is 3.27. The summed E-state index contributed by atoms with van der Waals surface area (Å²) in [6.45, 7) is 4.88. The van der Waals surface area contributed by atoms with Gasteiger partial charge in [-0.2, -0.15) is 0 Å². The van der Waals surface area contributed by atoms with Crippen LogP contribution in [0.3, 0.4) is 0 Å². The molecule has 0 atom stereocenters. The van der Waals surface area contributed by atoms with E-state index >= 15 is 0 Å². The topological polar surface area (TPSA) is 102 Å². The van der Waals surface area contributed by atoms with Crippen LogP contribution in [0.15, 0.2) is 59.9 Å². The molecule has 0 aliphatic rings. The number of aliphatic hydroxyl groups excluding tert-OH is 1. The van der Waals surface area contributed by atoms with Crippen LogP contribution in [0.25, 0.3) is 11.3 Å². The molecule has 3 aromatic rings. The highest BCUT2D eigenvalue weighted by Crippen LogP contribution is 2.29. The van der Waals surface area contributed by atoms with Gasteiger partial charge in [-0.25, -0.2) is 21.6 Å². The summed E-state index contributed by atoms with van der Waals surface area (Å²) in [5.74, 6) is -0.596. The number of rotatable bonds is 6. The Kier molecular flexibility index (Phi) is 6.89. The van der Waals surface area contributed by atoms with Crippen LogP contribution in [0, 0.1) is 5.82 Å². The highest BCUT2D eigenvalue weighted by molar-refractivity contribution is 7.90. The summed E-state index contributed by atoms with van der Waals surface area (Å²) >= 11 is 0. The standard InChI is InChI=1S/C23H26FN3O5S/c1-23(2,3)32-22(29)26(4)13-17-10-21(19-7-5-6-8-20(19)24)27(14-17)33(30,31)18-9-16(15-28)11-25-12-18/h5-12,14,28H,13,15H2,1-4H3. The van der Waals surface area contributed by atoms with Crippen molar-refractivity contribution in [3.63, 3.8) is 0 Å². The average Bonchev–Trinajstić information content (AvgIpc) is 3.17. The number of aromatic nitrogens is 2. The quantitative estimate of drug-likeness (QED) is 0.582. The second kappa shape index (κ2) is 9.32. The Morgan fingerprint density at radius 3 is 2.52 bits per heavy atom. The molecule has 1 amide bonds. The summed E-state index contributed by atoms with van der Waals surface area (Å²) in [7, 11) is -2.66. The zero-order chi connectivity index (χ0) is 24.4. The molecule has 0 fully saturated rings. The normalized spacial score (nSPS) is 11.9. The summed E-state index contributed by atoms with van der Waals surface area (Å²) in [4.78, 5) is 17.4. The van der Waals surface area contributed by atoms with Crippen LogP contribution < -0.4 is 0 Å². The van der Waals surface area contributed by atoms with E-state index in [1.807, 2.05) is 0 Å². The fourth-order valence-electron chi connectivity index (χ4n) is 3.13. The minimum absolute atomic E-state index is 0.0355. The van der Waals surface area contributed by atoms with E-state index in [0.29, 0.717) is 11.1 Å². The number of ether oxygens (including phenoxy) is 1. The Morgan fingerprint density at radius 2 is 1.88 bits per heavy atom. The van der Waals surface area contributed by atoms with Crippen molar-refractivity contribution in [1.82, 2.24) is 13.9 Å². The van der Waals surface area contributed by atoms with Crippen molar-refractivity contribution in [2.24, 2.45) is 0 Å². The van der Waals surface area contributed by atoms with E-state index in [1.165, 1.54) is 54.7 Å². The summed E-state index contributed by atoms with van der Waals surface area (Å²) < 4.78 is 47.8. The van der Waals surface area contributed by atoms with Crippen LogP contribution in [0.5, 0.6) is 0 Å². The minimum Gasteiger partial charge on any atom is -0.444 e. The lowest BCUT2D eigenvalue weighted by Gasteiger charge is -2.24. The number of halogens is 1. The highest BCUT2D eigenvalue weighted by Gasteiger charge is 2.25. The molecule has 0 bridgehead atoms. The van der Waals surface area contributed by atoms with Crippen molar-refractivity contribution in [2.45, 2.75) is 44.4 Å². The molecule has 0 aliphatic heterocycles. The largest absolute Gasteiger partial charge is 0.444 e. The Bertz CT molecular complexity index is 1270. The lowest BCUT2D eigenvalue weighted by Crippen LogP contribution is -2.33. The third-order valence-electron chi connectivity index (χ3n) is 4.63. The lowest BCUT2D eigenvalue weighted by atomic mass is 10.1. The van der Waals surface area contributed by atoms with Gasteiger partial charge in [0.1, 0.15) is 16.3 Å². The first-order chi connectivity index (χ1) is 15.4. The van der Waals surface area contributed by atoms with Gasteiger partial charge in [-0.3, -0.25) is 4.98 Å². The number of carbonyl (C=O) groups is 1. The van der Waals surface area contributed by atoms with Crippen LogP contribution >= 0.6 is 0 Å². The molecule has 3 rings (SSSR count). The van der Waals surface area contributed by atoms with E-state index in [4.69, 9.17) is 4.74 Å². The van der Waals surface area contributed by atoms with Crippen LogP contribution in [0.4, 0.5) is 9.18 Å². The van der Waals surface area contributed by atoms with Crippen LogP contribution in [0.1, 0.15) is 31.9 Å². The van der Waals surface area contributed by atoms with E-state index in [2.05, 4.69) is 4.98 Å². The Labute approximate surface area is 192 Å². The molecule has 0 aliphatic carbocycles. The molecule has 0 spiro atoms. The molecular formula is C23H26FN3O5S. The van der Waals surface area contributed by atoms with Gasteiger partial charge in [0.15, 0.2) is 0 Å². The summed E-state index contributed by atoms with van der Waals surface area (Å²) in [5, 5.41) is 9.36. The Hall–Kier alpha value is -3.24. The first-order valence-corrected chi connectivity index (χ1v) is 11.6. The molecule has 0 saturated heterocycles. The zero-order valence-corrected chi connectivity index (χ0v) is 19.6. The minimum atomic E-state index is -4.19. The smallest absolute Gasteiger partial charge is 0.410 e. The van der Waals surface area contributed by atoms with Gasteiger partial charge in [0.25, 0.3) is 10.0 Å². The lowest BCUT2D eigenvalue weighted by molar-refractivity contribution is 0.0285. The Morgan fingerprint density at radius 1 is 1.18 bits per heavy atom. The van der Waals surface area contributed by atoms with Crippen molar-refractivity contribution in [3.05, 3.63) is 71.9 Å². The number of hydrogen-bond acceptors (Lipinski definition) is 6. The highest BCUT2D eigenvalue weighted by atomic mass is 32.2. The van der Waals surface area contributed by atoms with E-state index in [9.17, 15) is 22.7 Å². The maximum atomic E-state index is 14.6. The van der Waals surface area contributed by atoms with Crippen LogP contribution in [0.2, 0.25) is 0 Å². The molecule has 8 nitrogen and oxygen atoms in total. The first kappa shape index (κ1) is 24.4. The van der Waals surface area contributed by atoms with Crippen LogP contribution in [-0.2, 0) is 27.9 Å². The van der Waals surface area contributed by atoms with Crippen LogP contribution in [-0.4, -0.2) is 46.1 Å². The molecule has 1 N–H and O–H groups in total. The fraction of sp³-hybridized carbons (Fsp3) is 0.304. The fourth-order valence-corrected chi connectivity index (χ4v) is 4.54. The molecule has 0 saturated carbocycles. The van der Waals surface area contributed by atoms with Gasteiger partial charge < -0.3 is 14.7 Å². The number of aliphatic hydroxyl groups is 1. The van der Waals surface area contributed by atoms with Crippen molar-refractivity contribution >= 4 is 16.1 Å². The van der Waals surface area contributed by atoms with E-state index in [1.54, 1.807) is 26.8 Å². The SMILES string of the molecule is CN(Cc1cc(-c2ccccc2F)n(S(=O)(=O)c2cncc(CO)c2)c1)C(=O)OC(C)(C)C. The molecule has 2 heterocycles. The average molecular weight is 476 g/mol. The molecule has 33 heavy (non-hydrogen) atoms. The predicted octanol–water partition coefficient (Wildman–Crippen LogP) is 3.79. The predicted molar refractivity (Wildman–Crippen MR) is 120 cm³/mol. The third-order valence-corrected chi connectivity index (χ3v) is 6.27. The molecule has 176 valence electrons. The Balaban J connectivity index is 2.08. The number of hydrogen-bond donors (Lipinski definition) is 1. The van der Waals surface area contributed by atoms with E-state index < -0.39 is 27.5 Å². The monoisotopic (exact) mass is 475 g/mol. The first-order valence-electron chi connectivity index (χ1n) is 10.1. The summed E-state index contributed by atoms with van der Waals surface area (Å²) in [6, 6.07) is 8.63. The van der Waals surface area contributed by atoms with Crippen molar-refractivity contribution in [2.75, 3.05) is 7.05 Å². The van der Waals surface area contributed by atoms with Gasteiger partial charge >= 0.3 is 6.09 Å². The van der Waals surface area contributed by atoms with Crippen molar-refractivity contribution in [3.8, 4) is 11.3 Å². The second-order valence-electron chi connectivity index (χ2n) is 8.54. The van der Waals surface area contributed by atoms with Crippen molar-refractivity contribution < 1.29 is 27.4 Å². The molecule has 0 radical (unpaired) electrons. The van der Waals surface area contributed by atoms with Crippen molar-refractivity contribution in [1.29, 1.82) is 0 Å². The van der Waals surface area contributed by atoms with Gasteiger partial charge in [-0.1, -0.05) is 12.1 Å². The zero-order valence-electron chi connectivity index (χ0n) is 18.8. The molecular weight excluding hydrogens is 449 g/mol. The van der Waals surface area contributed by atoms with Gasteiger partial charge in [0, 0.05) is 31.2 Å². The second-order valence-corrected chi connectivity index (χ2v) is 10.4. The number of amides is 1. The maximum Gasteiger partial charge on any atom is 0.410 e. The molecule has 10 heteroatoms. The number of carbonyl (C=O) groups excluding carboxylic acids is 1. The number of benzene rings is 1. The van der Waals surface area contributed by atoms with Gasteiger partial charge in [0.2, 0.25) is 0 Å². The van der Waals surface area contributed by atoms with E-state index in [0.717, 1.165) is 10.2 Å². The third kappa shape index (κ3) is 5.58. The van der Waals surface area contributed by atoms with Gasteiger partial charge in [0.05, 0.1) is 18.8 Å². The number of nitrogens with zero attached hydrogens (tertiary/aromatic N) is 3. The van der Waals surface area contributed by atoms with Gasteiger partial charge in [-0.15, -0.1) is 0 Å². The molecule has 0 unspecified atom stereocenters.